The van der Waals surface area contributed by atoms with E-state index in [4.69, 9.17) is 4.74 Å². The molecule has 154 valence electrons. The van der Waals surface area contributed by atoms with E-state index in [1.165, 1.54) is 5.56 Å². The van der Waals surface area contributed by atoms with Crippen LogP contribution in [0.3, 0.4) is 0 Å². The Bertz CT molecular complexity index is 700. The molecule has 0 saturated heterocycles. The minimum Gasteiger partial charge on any atom is -0.492 e. The molecule has 1 aromatic carbocycles. The molecule has 6 nitrogen and oxygen atoms in total. The molecular weight excluding hydrogens is 465 g/mol. The van der Waals surface area contributed by atoms with Crippen LogP contribution in [0, 0.1) is 6.92 Å². The van der Waals surface area contributed by atoms with E-state index in [1.807, 2.05) is 30.5 Å². The highest BCUT2D eigenvalue weighted by molar-refractivity contribution is 14.0. The number of nitrogens with one attached hydrogen (secondary N) is 2. The Morgan fingerprint density at radius 1 is 1.07 bits per heavy atom. The summed E-state index contributed by atoms with van der Waals surface area (Å²) >= 11 is 0. The van der Waals surface area contributed by atoms with Crippen molar-refractivity contribution in [2.75, 3.05) is 38.2 Å². The average molecular weight is 497 g/mol. The zero-order chi connectivity index (χ0) is 19.5. The van der Waals surface area contributed by atoms with Gasteiger partial charge in [-0.25, -0.2) is 4.98 Å². The van der Waals surface area contributed by atoms with Gasteiger partial charge in [-0.15, -0.1) is 24.0 Å². The second-order valence-corrected chi connectivity index (χ2v) is 6.21. The quantitative estimate of drug-likeness (QED) is 0.240. The first-order chi connectivity index (χ1) is 13.2. The molecule has 1 heterocycles. The van der Waals surface area contributed by atoms with Gasteiger partial charge in [-0.05, 0) is 44.5 Å². The van der Waals surface area contributed by atoms with E-state index in [-0.39, 0.29) is 24.0 Å². The molecule has 0 aliphatic carbocycles. The highest BCUT2D eigenvalue weighted by Crippen LogP contribution is 2.11. The Hall–Kier alpha value is -2.03. The van der Waals surface area contributed by atoms with E-state index in [1.54, 1.807) is 7.05 Å². The molecule has 2 aromatic rings. The van der Waals surface area contributed by atoms with Gasteiger partial charge in [0.25, 0.3) is 0 Å². The van der Waals surface area contributed by atoms with E-state index >= 15 is 0 Å². The average Bonchev–Trinajstić information content (AvgIpc) is 2.70. The summed E-state index contributed by atoms with van der Waals surface area (Å²) in [6.45, 7) is 10.2. The Balaban J connectivity index is 0.00000392. The molecule has 0 unspecified atom stereocenters. The smallest absolute Gasteiger partial charge is 0.191 e. The van der Waals surface area contributed by atoms with Gasteiger partial charge in [-0.2, -0.15) is 0 Å². The first kappa shape index (κ1) is 24.0. The number of guanidine groups is 1. The highest BCUT2D eigenvalue weighted by Gasteiger charge is 2.04. The summed E-state index contributed by atoms with van der Waals surface area (Å²) in [6, 6.07) is 12.2. The van der Waals surface area contributed by atoms with Crippen LogP contribution in [0.1, 0.15) is 25.0 Å². The fourth-order valence-electron chi connectivity index (χ4n) is 2.64. The van der Waals surface area contributed by atoms with E-state index in [0.29, 0.717) is 19.7 Å². The zero-order valence-electron chi connectivity index (χ0n) is 17.2. The fourth-order valence-corrected chi connectivity index (χ4v) is 2.64. The molecule has 0 amide bonds. The summed E-state index contributed by atoms with van der Waals surface area (Å²) in [5.74, 6) is 2.64. The molecule has 2 N–H and O–H groups in total. The summed E-state index contributed by atoms with van der Waals surface area (Å²) in [5, 5.41) is 6.55. The summed E-state index contributed by atoms with van der Waals surface area (Å²) in [5.41, 5.74) is 2.34. The fraction of sp³-hybridized carbons (Fsp3) is 0.429. The molecule has 0 aliphatic heterocycles. The summed E-state index contributed by atoms with van der Waals surface area (Å²) in [6.07, 6.45) is 1.91. The van der Waals surface area contributed by atoms with Crippen molar-refractivity contribution in [3.05, 3.63) is 53.7 Å². The highest BCUT2D eigenvalue weighted by atomic mass is 127. The van der Waals surface area contributed by atoms with Gasteiger partial charge in [0, 0.05) is 32.9 Å². The van der Waals surface area contributed by atoms with Crippen molar-refractivity contribution in [1.29, 1.82) is 0 Å². The second kappa shape index (κ2) is 13.2. The number of benzene rings is 1. The number of halogens is 1. The second-order valence-electron chi connectivity index (χ2n) is 6.21. The van der Waals surface area contributed by atoms with Gasteiger partial charge < -0.3 is 20.3 Å². The van der Waals surface area contributed by atoms with Crippen LogP contribution in [-0.4, -0.2) is 44.2 Å². The van der Waals surface area contributed by atoms with Crippen molar-refractivity contribution in [3.8, 4) is 5.75 Å². The van der Waals surface area contributed by atoms with E-state index in [0.717, 1.165) is 36.2 Å². The summed E-state index contributed by atoms with van der Waals surface area (Å²) in [7, 11) is 1.76. The van der Waals surface area contributed by atoms with Crippen molar-refractivity contribution in [2.24, 2.45) is 4.99 Å². The van der Waals surface area contributed by atoms with Gasteiger partial charge in [0.2, 0.25) is 0 Å². The number of pyridine rings is 1. The molecule has 1 aromatic heterocycles. The van der Waals surface area contributed by atoms with Gasteiger partial charge in [0.05, 0.1) is 6.54 Å². The number of ether oxygens (including phenoxy) is 1. The van der Waals surface area contributed by atoms with Crippen molar-refractivity contribution in [1.82, 2.24) is 15.6 Å². The van der Waals surface area contributed by atoms with Crippen LogP contribution in [0.5, 0.6) is 5.75 Å². The van der Waals surface area contributed by atoms with Crippen LogP contribution >= 0.6 is 24.0 Å². The minimum atomic E-state index is 0. The van der Waals surface area contributed by atoms with Gasteiger partial charge in [0.1, 0.15) is 18.2 Å². The number of aryl methyl sites for hydroxylation is 1. The zero-order valence-corrected chi connectivity index (χ0v) is 19.6. The Kier molecular flexibility index (Phi) is 11.3. The molecule has 28 heavy (non-hydrogen) atoms. The number of hydrogen-bond donors (Lipinski definition) is 2. The maximum absolute atomic E-state index is 5.72. The number of rotatable bonds is 9. The van der Waals surface area contributed by atoms with Crippen molar-refractivity contribution in [3.63, 3.8) is 0 Å². The molecule has 0 spiro atoms. The first-order valence-corrected chi connectivity index (χ1v) is 9.50. The standard InChI is InChI=1S/C21H31N5O.HI/c1-5-26(6-2)20-12-9-18(15-24-20)16-25-21(22-4)23-13-14-27-19-10-7-17(3)8-11-19;/h7-12,15H,5-6,13-14,16H2,1-4H3,(H2,22,23,25);1H. The van der Waals surface area contributed by atoms with Crippen molar-refractivity contribution < 1.29 is 4.74 Å². The van der Waals surface area contributed by atoms with E-state index < -0.39 is 0 Å². The van der Waals surface area contributed by atoms with Crippen molar-refractivity contribution >= 4 is 35.8 Å². The molecule has 0 saturated carbocycles. The molecule has 2 rings (SSSR count). The molecule has 0 bridgehead atoms. The lowest BCUT2D eigenvalue weighted by atomic mass is 10.2. The maximum Gasteiger partial charge on any atom is 0.191 e. The summed E-state index contributed by atoms with van der Waals surface area (Å²) in [4.78, 5) is 11.0. The third kappa shape index (κ3) is 7.92. The Labute approximate surface area is 185 Å². The van der Waals surface area contributed by atoms with Gasteiger partial charge >= 0.3 is 0 Å². The predicted octanol–water partition coefficient (Wildman–Crippen LogP) is 3.60. The predicted molar refractivity (Wildman–Crippen MR) is 128 cm³/mol. The Morgan fingerprint density at radius 3 is 2.36 bits per heavy atom. The van der Waals surface area contributed by atoms with Gasteiger partial charge in [0.15, 0.2) is 5.96 Å². The molecule has 0 aliphatic rings. The van der Waals surface area contributed by atoms with Crippen LogP contribution in [0.15, 0.2) is 47.6 Å². The number of anilines is 1. The molecule has 0 fully saturated rings. The van der Waals surface area contributed by atoms with E-state index in [2.05, 4.69) is 58.4 Å². The molecule has 0 atom stereocenters. The Morgan fingerprint density at radius 2 is 1.79 bits per heavy atom. The lowest BCUT2D eigenvalue weighted by molar-refractivity contribution is 0.322. The third-order valence-corrected chi connectivity index (χ3v) is 4.26. The third-order valence-electron chi connectivity index (χ3n) is 4.26. The maximum atomic E-state index is 5.72. The monoisotopic (exact) mass is 497 g/mol. The van der Waals surface area contributed by atoms with Gasteiger partial charge in [-0.3, -0.25) is 4.99 Å². The van der Waals surface area contributed by atoms with E-state index in [9.17, 15) is 0 Å². The number of aromatic nitrogens is 1. The van der Waals surface area contributed by atoms with Crippen molar-refractivity contribution in [2.45, 2.75) is 27.3 Å². The van der Waals surface area contributed by atoms with Gasteiger partial charge in [-0.1, -0.05) is 23.8 Å². The van der Waals surface area contributed by atoms with Crippen LogP contribution in [-0.2, 0) is 6.54 Å². The molecule has 7 heteroatoms. The summed E-state index contributed by atoms with van der Waals surface area (Å²) < 4.78 is 5.72. The normalized spacial score (nSPS) is 10.8. The number of nitrogens with zero attached hydrogens (tertiary/aromatic N) is 3. The minimum absolute atomic E-state index is 0. The van der Waals surface area contributed by atoms with Crippen LogP contribution in [0.2, 0.25) is 0 Å². The van der Waals surface area contributed by atoms with Crippen LogP contribution in [0.25, 0.3) is 0 Å². The molecular formula is C21H32IN5O. The number of hydrogen-bond acceptors (Lipinski definition) is 4. The van der Waals surface area contributed by atoms with Crippen LogP contribution in [0.4, 0.5) is 5.82 Å². The van der Waals surface area contributed by atoms with Crippen LogP contribution < -0.4 is 20.3 Å². The SMILES string of the molecule is CCN(CC)c1ccc(CNC(=NC)NCCOc2ccc(C)cc2)cn1.I. The first-order valence-electron chi connectivity index (χ1n) is 9.50. The number of aliphatic imine (C=N–C) groups is 1. The lowest BCUT2D eigenvalue weighted by Crippen LogP contribution is -2.38. The topological polar surface area (TPSA) is 61.8 Å². The largest absolute Gasteiger partial charge is 0.492 e. The molecule has 0 radical (unpaired) electrons. The lowest BCUT2D eigenvalue weighted by Gasteiger charge is -2.19.